The van der Waals surface area contributed by atoms with Crippen LogP contribution in [0.1, 0.15) is 18.4 Å². The smallest absolute Gasteiger partial charge is 0.249 e. The van der Waals surface area contributed by atoms with Crippen LogP contribution >= 0.6 is 0 Å². The number of amides is 1. The summed E-state index contributed by atoms with van der Waals surface area (Å²) in [6, 6.07) is 5.54. The molecule has 1 saturated heterocycles. The van der Waals surface area contributed by atoms with Crippen LogP contribution in [0, 0.1) is 0 Å². The molecule has 0 bridgehead atoms. The van der Waals surface area contributed by atoms with Crippen LogP contribution in [0.15, 0.2) is 18.2 Å². The molecule has 19 heavy (non-hydrogen) atoms. The predicted octanol–water partition coefficient (Wildman–Crippen LogP) is 1.50. The number of rotatable bonds is 5. The zero-order chi connectivity index (χ0) is 13.7. The summed E-state index contributed by atoms with van der Waals surface area (Å²) in [4.78, 5) is 11.8. The van der Waals surface area contributed by atoms with Gasteiger partial charge in [0, 0.05) is 19.2 Å². The number of ether oxygens (including phenoxy) is 3. The maximum atomic E-state index is 11.8. The molecule has 1 N–H and O–H groups in total. The van der Waals surface area contributed by atoms with E-state index < -0.39 is 0 Å². The van der Waals surface area contributed by atoms with Gasteiger partial charge in [-0.3, -0.25) is 4.79 Å². The summed E-state index contributed by atoms with van der Waals surface area (Å²) in [5, 5.41) is 2.87. The summed E-state index contributed by atoms with van der Waals surface area (Å²) >= 11 is 0. The lowest BCUT2D eigenvalue weighted by molar-refractivity contribution is -0.130. The second kappa shape index (κ2) is 6.43. The van der Waals surface area contributed by atoms with Crippen LogP contribution in [0.4, 0.5) is 0 Å². The molecule has 0 spiro atoms. The number of nitrogens with one attached hydrogen (secondary N) is 1. The van der Waals surface area contributed by atoms with Crippen molar-refractivity contribution in [1.29, 1.82) is 0 Å². The van der Waals surface area contributed by atoms with Crippen molar-refractivity contribution < 1.29 is 19.0 Å². The van der Waals surface area contributed by atoms with Crippen LogP contribution in [0.25, 0.3) is 0 Å². The Bertz CT molecular complexity index is 419. The average Bonchev–Trinajstić information content (AvgIpc) is 2.98. The van der Waals surface area contributed by atoms with Gasteiger partial charge in [0.25, 0.3) is 0 Å². The normalized spacial score (nSPS) is 18.1. The molecular weight excluding hydrogens is 246 g/mol. The Labute approximate surface area is 112 Å². The van der Waals surface area contributed by atoms with Gasteiger partial charge in [-0.25, -0.2) is 0 Å². The van der Waals surface area contributed by atoms with Gasteiger partial charge in [0.2, 0.25) is 5.91 Å². The molecule has 1 aromatic carbocycles. The molecule has 0 unspecified atom stereocenters. The lowest BCUT2D eigenvalue weighted by atomic mass is 10.2. The number of hydrogen-bond acceptors (Lipinski definition) is 4. The van der Waals surface area contributed by atoms with Gasteiger partial charge in [-0.2, -0.15) is 0 Å². The Hall–Kier alpha value is -1.75. The second-order valence-electron chi connectivity index (χ2n) is 4.44. The molecule has 5 nitrogen and oxygen atoms in total. The monoisotopic (exact) mass is 265 g/mol. The number of carbonyl (C=O) groups excluding carboxylic acids is 1. The Balaban J connectivity index is 1.96. The molecular formula is C14H19NO4. The molecule has 0 aliphatic carbocycles. The highest BCUT2D eigenvalue weighted by atomic mass is 16.5. The Morgan fingerprint density at radius 1 is 1.32 bits per heavy atom. The second-order valence-corrected chi connectivity index (χ2v) is 4.44. The molecule has 1 atom stereocenters. The molecule has 5 heteroatoms. The molecule has 1 amide bonds. The zero-order valence-electron chi connectivity index (χ0n) is 11.3. The van der Waals surface area contributed by atoms with Gasteiger partial charge in [0.15, 0.2) is 0 Å². The first-order chi connectivity index (χ1) is 9.22. The van der Waals surface area contributed by atoms with Crippen molar-refractivity contribution in [3.05, 3.63) is 23.8 Å². The largest absolute Gasteiger partial charge is 0.497 e. The first-order valence-corrected chi connectivity index (χ1v) is 6.34. The number of hydrogen-bond donors (Lipinski definition) is 1. The standard InChI is InChI=1S/C14H19NO4/c1-17-11-6-10(7-12(8-11)18-2)9-15-14(16)13-4-3-5-19-13/h6-8,13H,3-5,9H2,1-2H3,(H,15,16)/t13-/m0/s1. The molecule has 0 radical (unpaired) electrons. The van der Waals surface area contributed by atoms with E-state index in [-0.39, 0.29) is 12.0 Å². The van der Waals surface area contributed by atoms with Crippen LogP contribution in [0.2, 0.25) is 0 Å². The summed E-state index contributed by atoms with van der Waals surface area (Å²) in [5.41, 5.74) is 0.933. The van der Waals surface area contributed by atoms with Crippen LogP contribution in [-0.2, 0) is 16.1 Å². The summed E-state index contributed by atoms with van der Waals surface area (Å²) < 4.78 is 15.7. The maximum Gasteiger partial charge on any atom is 0.249 e. The van der Waals surface area contributed by atoms with E-state index in [0.717, 1.165) is 18.4 Å². The fourth-order valence-corrected chi connectivity index (χ4v) is 2.06. The Morgan fingerprint density at radius 3 is 2.53 bits per heavy atom. The van der Waals surface area contributed by atoms with Crippen LogP contribution in [0.3, 0.4) is 0 Å². The van der Waals surface area contributed by atoms with E-state index in [9.17, 15) is 4.79 Å². The van der Waals surface area contributed by atoms with Gasteiger partial charge < -0.3 is 19.5 Å². The highest BCUT2D eigenvalue weighted by molar-refractivity contribution is 5.80. The third kappa shape index (κ3) is 3.61. The van der Waals surface area contributed by atoms with Crippen LogP contribution < -0.4 is 14.8 Å². The summed E-state index contributed by atoms with van der Waals surface area (Å²) in [5.74, 6) is 1.36. The lowest BCUT2D eigenvalue weighted by Gasteiger charge is -2.12. The zero-order valence-corrected chi connectivity index (χ0v) is 11.3. The minimum atomic E-state index is -0.299. The van der Waals surface area contributed by atoms with E-state index in [2.05, 4.69) is 5.32 Å². The van der Waals surface area contributed by atoms with Crippen molar-refractivity contribution in [3.8, 4) is 11.5 Å². The lowest BCUT2D eigenvalue weighted by Crippen LogP contribution is -2.33. The van der Waals surface area contributed by atoms with E-state index in [4.69, 9.17) is 14.2 Å². The number of methoxy groups -OCH3 is 2. The quantitative estimate of drug-likeness (QED) is 0.876. The molecule has 1 aromatic rings. The van der Waals surface area contributed by atoms with Crippen molar-refractivity contribution in [3.63, 3.8) is 0 Å². The van der Waals surface area contributed by atoms with E-state index in [0.29, 0.717) is 24.7 Å². The highest BCUT2D eigenvalue weighted by Gasteiger charge is 2.23. The first kappa shape index (κ1) is 13.7. The van der Waals surface area contributed by atoms with Crippen LogP contribution in [0.5, 0.6) is 11.5 Å². The Kier molecular flexibility index (Phi) is 4.63. The average molecular weight is 265 g/mol. The molecule has 1 fully saturated rings. The number of benzene rings is 1. The Morgan fingerprint density at radius 2 is 2.00 bits per heavy atom. The minimum Gasteiger partial charge on any atom is -0.497 e. The molecule has 0 aromatic heterocycles. The third-order valence-corrected chi connectivity index (χ3v) is 3.10. The molecule has 0 saturated carbocycles. The third-order valence-electron chi connectivity index (χ3n) is 3.10. The first-order valence-electron chi connectivity index (χ1n) is 6.34. The summed E-state index contributed by atoms with van der Waals surface area (Å²) in [6.45, 7) is 1.11. The van der Waals surface area contributed by atoms with E-state index in [1.54, 1.807) is 20.3 Å². The highest BCUT2D eigenvalue weighted by Crippen LogP contribution is 2.22. The molecule has 2 rings (SSSR count). The van der Waals surface area contributed by atoms with Gasteiger partial charge >= 0.3 is 0 Å². The summed E-state index contributed by atoms with van der Waals surface area (Å²) in [7, 11) is 3.20. The SMILES string of the molecule is COc1cc(CNC(=O)[C@@H]2CCCO2)cc(OC)c1. The van der Waals surface area contributed by atoms with Crippen molar-refractivity contribution in [2.75, 3.05) is 20.8 Å². The summed E-state index contributed by atoms with van der Waals surface area (Å²) in [6.07, 6.45) is 1.45. The predicted molar refractivity (Wildman–Crippen MR) is 70.4 cm³/mol. The number of carbonyl (C=O) groups is 1. The minimum absolute atomic E-state index is 0.0562. The van der Waals surface area contributed by atoms with E-state index in [1.807, 2.05) is 12.1 Å². The van der Waals surface area contributed by atoms with E-state index >= 15 is 0 Å². The van der Waals surface area contributed by atoms with Crippen molar-refractivity contribution in [2.24, 2.45) is 0 Å². The molecule has 1 heterocycles. The van der Waals surface area contributed by atoms with Gasteiger partial charge in [-0.1, -0.05) is 0 Å². The van der Waals surface area contributed by atoms with Gasteiger partial charge in [0.05, 0.1) is 14.2 Å². The fourth-order valence-electron chi connectivity index (χ4n) is 2.06. The van der Waals surface area contributed by atoms with E-state index in [1.165, 1.54) is 0 Å². The topological polar surface area (TPSA) is 56.8 Å². The van der Waals surface area contributed by atoms with Crippen molar-refractivity contribution in [2.45, 2.75) is 25.5 Å². The van der Waals surface area contributed by atoms with Gasteiger partial charge in [-0.15, -0.1) is 0 Å². The van der Waals surface area contributed by atoms with Crippen molar-refractivity contribution in [1.82, 2.24) is 5.32 Å². The van der Waals surface area contributed by atoms with Crippen LogP contribution in [-0.4, -0.2) is 32.8 Å². The van der Waals surface area contributed by atoms with Crippen molar-refractivity contribution >= 4 is 5.91 Å². The fraction of sp³-hybridized carbons (Fsp3) is 0.500. The van der Waals surface area contributed by atoms with Gasteiger partial charge in [0.1, 0.15) is 17.6 Å². The molecule has 104 valence electrons. The molecule has 1 aliphatic rings. The van der Waals surface area contributed by atoms with Gasteiger partial charge in [-0.05, 0) is 30.5 Å². The maximum absolute atomic E-state index is 11.8. The molecule has 1 aliphatic heterocycles.